The number of aliphatic imine (C=N–C) groups is 1. The van der Waals surface area contributed by atoms with Crippen molar-refractivity contribution >= 4 is 18.3 Å². The zero-order valence-corrected chi connectivity index (χ0v) is 9.54. The molecule has 92 valence electrons. The Hall–Kier alpha value is -2.37. The first kappa shape index (κ1) is 10.8. The van der Waals surface area contributed by atoms with Gasteiger partial charge in [0.05, 0.1) is 6.34 Å². The van der Waals surface area contributed by atoms with E-state index in [0.29, 0.717) is 6.54 Å². The number of urea groups is 1. The lowest BCUT2D eigenvalue weighted by atomic mass is 10.1. The maximum absolute atomic E-state index is 11.6. The molecule has 6 nitrogen and oxygen atoms in total. The van der Waals surface area contributed by atoms with Crippen molar-refractivity contribution < 1.29 is 9.59 Å². The molecular formula is C12H12N4O2. The number of rotatable bonds is 2. The number of carbonyl (C=O) groups excluding carboxylic acids is 2. The molecule has 2 aliphatic rings. The number of benzene rings is 1. The summed E-state index contributed by atoms with van der Waals surface area (Å²) in [5.74, 6) is -0.351. The summed E-state index contributed by atoms with van der Waals surface area (Å²) in [6.07, 6.45) is 1.24. The highest BCUT2D eigenvalue weighted by atomic mass is 16.2. The second kappa shape index (κ2) is 4.14. The van der Waals surface area contributed by atoms with Gasteiger partial charge in [-0.15, -0.1) is 0 Å². The molecule has 0 aromatic heterocycles. The third-order valence-corrected chi connectivity index (χ3v) is 3.02. The third-order valence-electron chi connectivity index (χ3n) is 3.02. The summed E-state index contributed by atoms with van der Waals surface area (Å²) in [6, 6.07) is 8.81. The molecule has 0 radical (unpaired) electrons. The maximum atomic E-state index is 11.6. The molecule has 0 saturated carbocycles. The molecule has 2 N–H and O–H groups in total. The van der Waals surface area contributed by atoms with E-state index in [1.807, 2.05) is 35.2 Å². The van der Waals surface area contributed by atoms with E-state index >= 15 is 0 Å². The minimum atomic E-state index is -0.550. The molecule has 0 bridgehead atoms. The molecule has 2 atom stereocenters. The van der Waals surface area contributed by atoms with Crippen molar-refractivity contribution in [1.82, 2.24) is 15.5 Å². The van der Waals surface area contributed by atoms with Crippen molar-refractivity contribution in [1.29, 1.82) is 0 Å². The Morgan fingerprint density at radius 1 is 1.22 bits per heavy atom. The lowest BCUT2D eigenvalue weighted by Crippen LogP contribution is -2.63. The molecule has 0 aliphatic carbocycles. The first-order valence-corrected chi connectivity index (χ1v) is 5.68. The smallest absolute Gasteiger partial charge is 0.323 e. The van der Waals surface area contributed by atoms with Crippen LogP contribution in [0.5, 0.6) is 0 Å². The van der Waals surface area contributed by atoms with Crippen molar-refractivity contribution in [2.24, 2.45) is 4.99 Å². The fourth-order valence-electron chi connectivity index (χ4n) is 2.15. The molecule has 0 spiro atoms. The normalized spacial score (nSPS) is 25.7. The van der Waals surface area contributed by atoms with Gasteiger partial charge in [-0.2, -0.15) is 0 Å². The standard InChI is InChI=1S/C12H12N4O2/c17-11-9-10(14-12(18)15-11)16(7-13-9)6-8-4-2-1-3-5-8/h1-5,7,9-10H,6H2,(H2,14,15,17,18). The van der Waals surface area contributed by atoms with Crippen LogP contribution in [-0.2, 0) is 11.3 Å². The Morgan fingerprint density at radius 3 is 2.78 bits per heavy atom. The molecule has 2 aliphatic heterocycles. The van der Waals surface area contributed by atoms with Crippen LogP contribution in [0.2, 0.25) is 0 Å². The first-order chi connectivity index (χ1) is 8.74. The second-order valence-electron chi connectivity index (χ2n) is 4.27. The van der Waals surface area contributed by atoms with Gasteiger partial charge in [-0.25, -0.2) is 4.79 Å². The van der Waals surface area contributed by atoms with E-state index in [1.165, 1.54) is 0 Å². The van der Waals surface area contributed by atoms with E-state index in [1.54, 1.807) is 6.34 Å². The van der Waals surface area contributed by atoms with Gasteiger partial charge in [0.1, 0.15) is 6.17 Å². The number of nitrogens with one attached hydrogen (secondary N) is 2. The number of fused-ring (bicyclic) bond motifs is 1. The number of hydrogen-bond acceptors (Lipinski definition) is 4. The van der Waals surface area contributed by atoms with E-state index in [9.17, 15) is 9.59 Å². The van der Waals surface area contributed by atoms with E-state index in [2.05, 4.69) is 15.6 Å². The number of amides is 3. The number of imide groups is 1. The van der Waals surface area contributed by atoms with Crippen LogP contribution in [0.3, 0.4) is 0 Å². The third kappa shape index (κ3) is 1.81. The molecule has 6 heteroatoms. The summed E-state index contributed by atoms with van der Waals surface area (Å²) in [4.78, 5) is 28.8. The molecule has 2 heterocycles. The van der Waals surface area contributed by atoms with Crippen LogP contribution in [0.4, 0.5) is 4.79 Å². The van der Waals surface area contributed by atoms with Crippen molar-refractivity contribution in [3.8, 4) is 0 Å². The second-order valence-corrected chi connectivity index (χ2v) is 4.27. The Kier molecular flexibility index (Phi) is 2.47. The van der Waals surface area contributed by atoms with Crippen LogP contribution in [0, 0.1) is 0 Å². The molecule has 2 unspecified atom stereocenters. The largest absolute Gasteiger partial charge is 0.336 e. The summed E-state index contributed by atoms with van der Waals surface area (Å²) in [5.41, 5.74) is 1.10. The predicted molar refractivity (Wildman–Crippen MR) is 64.7 cm³/mol. The van der Waals surface area contributed by atoms with Crippen molar-refractivity contribution in [3.05, 3.63) is 35.9 Å². The van der Waals surface area contributed by atoms with Gasteiger partial charge >= 0.3 is 6.03 Å². The SMILES string of the molecule is O=C1NC(=O)C2N=CN(Cc3ccccc3)C2N1. The fourth-order valence-corrected chi connectivity index (χ4v) is 2.15. The zero-order valence-electron chi connectivity index (χ0n) is 9.54. The fraction of sp³-hybridized carbons (Fsp3) is 0.250. The van der Waals surface area contributed by atoms with Crippen LogP contribution < -0.4 is 10.6 Å². The van der Waals surface area contributed by atoms with Crippen LogP contribution in [-0.4, -0.2) is 35.4 Å². The van der Waals surface area contributed by atoms with E-state index in [-0.39, 0.29) is 12.1 Å². The Morgan fingerprint density at radius 2 is 2.00 bits per heavy atom. The van der Waals surface area contributed by atoms with Gasteiger partial charge in [-0.1, -0.05) is 30.3 Å². The number of nitrogens with zero attached hydrogens (tertiary/aromatic N) is 2. The van der Waals surface area contributed by atoms with Crippen LogP contribution in [0.15, 0.2) is 35.3 Å². The lowest BCUT2D eigenvalue weighted by molar-refractivity contribution is -0.123. The molecule has 18 heavy (non-hydrogen) atoms. The highest BCUT2D eigenvalue weighted by Crippen LogP contribution is 2.17. The number of carbonyl (C=O) groups is 2. The minimum Gasteiger partial charge on any atom is -0.336 e. The van der Waals surface area contributed by atoms with Crippen molar-refractivity contribution in [2.75, 3.05) is 0 Å². The van der Waals surface area contributed by atoms with Crippen LogP contribution >= 0.6 is 0 Å². The average Bonchev–Trinajstić information content (AvgIpc) is 2.74. The van der Waals surface area contributed by atoms with Gasteiger partial charge in [-0.05, 0) is 5.56 Å². The molecule has 1 aromatic carbocycles. The van der Waals surface area contributed by atoms with Gasteiger partial charge in [0.15, 0.2) is 6.04 Å². The van der Waals surface area contributed by atoms with Gasteiger partial charge in [0.25, 0.3) is 5.91 Å². The van der Waals surface area contributed by atoms with Gasteiger partial charge in [0.2, 0.25) is 0 Å². The monoisotopic (exact) mass is 244 g/mol. The van der Waals surface area contributed by atoms with E-state index in [0.717, 1.165) is 5.56 Å². The van der Waals surface area contributed by atoms with Crippen molar-refractivity contribution in [3.63, 3.8) is 0 Å². The highest BCUT2D eigenvalue weighted by Gasteiger charge is 2.41. The molecule has 1 aromatic rings. The molecule has 3 amide bonds. The van der Waals surface area contributed by atoms with E-state index in [4.69, 9.17) is 0 Å². The van der Waals surface area contributed by atoms with Crippen LogP contribution in [0.25, 0.3) is 0 Å². The predicted octanol–water partition coefficient (Wildman–Crippen LogP) is 0.0646. The minimum absolute atomic E-state index is 0.351. The van der Waals surface area contributed by atoms with Crippen molar-refractivity contribution in [2.45, 2.75) is 18.8 Å². The highest BCUT2D eigenvalue weighted by molar-refractivity contribution is 6.01. The summed E-state index contributed by atoms with van der Waals surface area (Å²) in [7, 11) is 0. The van der Waals surface area contributed by atoms with E-state index < -0.39 is 12.1 Å². The lowest BCUT2D eigenvalue weighted by Gasteiger charge is -2.31. The molecule has 1 fully saturated rings. The summed E-state index contributed by atoms with van der Waals surface area (Å²) >= 11 is 0. The average molecular weight is 244 g/mol. The Labute approximate surface area is 104 Å². The summed E-state index contributed by atoms with van der Waals surface area (Å²) in [6.45, 7) is 0.610. The summed E-state index contributed by atoms with van der Waals surface area (Å²) in [5, 5.41) is 4.91. The summed E-state index contributed by atoms with van der Waals surface area (Å²) < 4.78 is 0. The maximum Gasteiger partial charge on any atom is 0.323 e. The Balaban J connectivity index is 1.77. The molecule has 3 rings (SSSR count). The first-order valence-electron chi connectivity index (χ1n) is 5.68. The van der Waals surface area contributed by atoms with Gasteiger partial charge < -0.3 is 10.2 Å². The number of hydrogen-bond donors (Lipinski definition) is 2. The quantitative estimate of drug-likeness (QED) is 0.773. The zero-order chi connectivity index (χ0) is 12.5. The van der Waals surface area contributed by atoms with Gasteiger partial charge in [-0.3, -0.25) is 15.1 Å². The molecule has 1 saturated heterocycles. The topological polar surface area (TPSA) is 73.8 Å². The van der Waals surface area contributed by atoms with Gasteiger partial charge in [0, 0.05) is 6.54 Å². The van der Waals surface area contributed by atoms with Crippen LogP contribution in [0.1, 0.15) is 5.56 Å². The molecular weight excluding hydrogens is 232 g/mol. The Bertz CT molecular complexity index is 514.